The maximum absolute atomic E-state index is 14.1. The standard InChI is InChI=1S/C29H31N3O2S/c33-28(19-8-2-1-3-9-19)31-25-13-7-5-11-22(25)29(34)32-16-14-23-26(20-15-17-35-18-20)30-24-12-6-4-10-21(24)27(23)32/h1-4,6,8-10,12,15,17-18,22-23,25-27,30H,5,7,11,13-14,16H2,(H,31,33)/t22-,23-,25+,26-,27-/m0/s1. The molecule has 0 spiro atoms. The molecule has 2 amide bonds. The Kier molecular flexibility index (Phi) is 6.06. The molecule has 6 heteroatoms. The molecular weight excluding hydrogens is 454 g/mol. The second-order valence-corrected chi connectivity index (χ2v) is 10.8. The van der Waals surface area contributed by atoms with Crippen molar-refractivity contribution in [2.45, 2.75) is 50.2 Å². The van der Waals surface area contributed by atoms with Crippen molar-refractivity contribution in [2.75, 3.05) is 11.9 Å². The van der Waals surface area contributed by atoms with Crippen LogP contribution in [0.2, 0.25) is 0 Å². The Balaban J connectivity index is 1.27. The first-order chi connectivity index (χ1) is 17.2. The molecule has 2 aliphatic heterocycles. The van der Waals surface area contributed by atoms with Crippen LogP contribution in [0, 0.1) is 11.8 Å². The summed E-state index contributed by atoms with van der Waals surface area (Å²) < 4.78 is 0. The predicted octanol–water partition coefficient (Wildman–Crippen LogP) is 5.79. The van der Waals surface area contributed by atoms with E-state index < -0.39 is 0 Å². The minimum Gasteiger partial charge on any atom is -0.378 e. The van der Waals surface area contributed by atoms with Crippen molar-refractivity contribution in [1.29, 1.82) is 0 Å². The molecule has 2 aromatic carbocycles. The molecule has 1 aliphatic carbocycles. The Hall–Kier alpha value is -3.12. The summed E-state index contributed by atoms with van der Waals surface area (Å²) in [5.41, 5.74) is 4.30. The second kappa shape index (κ2) is 9.50. The van der Waals surface area contributed by atoms with Gasteiger partial charge in [0.15, 0.2) is 0 Å². The van der Waals surface area contributed by atoms with Gasteiger partial charge in [0.1, 0.15) is 0 Å². The van der Waals surface area contributed by atoms with E-state index in [2.05, 4.69) is 56.6 Å². The highest BCUT2D eigenvalue weighted by atomic mass is 32.1. The maximum atomic E-state index is 14.1. The number of thiophene rings is 1. The summed E-state index contributed by atoms with van der Waals surface area (Å²) in [6.45, 7) is 0.765. The van der Waals surface area contributed by atoms with Gasteiger partial charge in [-0.05, 0) is 65.4 Å². The van der Waals surface area contributed by atoms with Crippen LogP contribution in [0.5, 0.6) is 0 Å². The summed E-state index contributed by atoms with van der Waals surface area (Å²) in [5, 5.41) is 11.3. The highest BCUT2D eigenvalue weighted by Crippen LogP contribution is 2.52. The van der Waals surface area contributed by atoms with E-state index >= 15 is 0 Å². The molecule has 5 atom stereocenters. The van der Waals surface area contributed by atoms with Gasteiger partial charge in [0.2, 0.25) is 5.91 Å². The number of hydrogen-bond acceptors (Lipinski definition) is 4. The number of carbonyl (C=O) groups excluding carboxylic acids is 2. The molecule has 0 radical (unpaired) electrons. The van der Waals surface area contributed by atoms with E-state index in [9.17, 15) is 9.59 Å². The third kappa shape index (κ3) is 4.14. The van der Waals surface area contributed by atoms with Gasteiger partial charge in [0.25, 0.3) is 5.91 Å². The third-order valence-corrected chi connectivity index (χ3v) is 8.79. The van der Waals surface area contributed by atoms with E-state index in [1.807, 2.05) is 30.3 Å². The Labute approximate surface area is 210 Å². The molecule has 3 aromatic rings. The smallest absolute Gasteiger partial charge is 0.251 e. The summed E-state index contributed by atoms with van der Waals surface area (Å²) in [4.78, 5) is 29.2. The summed E-state index contributed by atoms with van der Waals surface area (Å²) in [6.07, 6.45) is 4.74. The largest absolute Gasteiger partial charge is 0.378 e. The molecule has 1 aromatic heterocycles. The van der Waals surface area contributed by atoms with Gasteiger partial charge in [0.05, 0.1) is 18.0 Å². The van der Waals surface area contributed by atoms with E-state index in [4.69, 9.17) is 0 Å². The number of amides is 2. The Morgan fingerprint density at radius 1 is 0.943 bits per heavy atom. The lowest BCUT2D eigenvalue weighted by molar-refractivity contribution is -0.138. The van der Waals surface area contributed by atoms with Crippen LogP contribution in [0.15, 0.2) is 71.4 Å². The van der Waals surface area contributed by atoms with E-state index in [0.29, 0.717) is 11.5 Å². The van der Waals surface area contributed by atoms with Crippen LogP contribution in [-0.4, -0.2) is 29.3 Å². The van der Waals surface area contributed by atoms with Crippen LogP contribution < -0.4 is 10.6 Å². The topological polar surface area (TPSA) is 61.4 Å². The number of anilines is 1. The number of nitrogens with one attached hydrogen (secondary N) is 2. The third-order valence-electron chi connectivity index (χ3n) is 8.08. The fraction of sp³-hybridized carbons (Fsp3) is 0.379. The van der Waals surface area contributed by atoms with Gasteiger partial charge in [-0.2, -0.15) is 11.3 Å². The fourth-order valence-electron chi connectivity index (χ4n) is 6.41. The van der Waals surface area contributed by atoms with Crippen molar-refractivity contribution in [3.63, 3.8) is 0 Å². The molecule has 1 saturated heterocycles. The zero-order valence-corrected chi connectivity index (χ0v) is 20.5. The van der Waals surface area contributed by atoms with Crippen LogP contribution in [0.1, 0.15) is 65.7 Å². The average molecular weight is 486 g/mol. The molecule has 0 unspecified atom stereocenters. The van der Waals surface area contributed by atoms with Gasteiger partial charge in [0, 0.05) is 29.8 Å². The van der Waals surface area contributed by atoms with Crippen molar-refractivity contribution >= 4 is 28.8 Å². The second-order valence-electron chi connectivity index (χ2n) is 10.0. The van der Waals surface area contributed by atoms with Gasteiger partial charge < -0.3 is 15.5 Å². The molecule has 0 bridgehead atoms. The molecule has 2 N–H and O–H groups in total. The number of carbonyl (C=O) groups is 2. The first kappa shape index (κ1) is 22.4. The molecule has 3 heterocycles. The number of nitrogens with zero attached hydrogens (tertiary/aromatic N) is 1. The fourth-order valence-corrected chi connectivity index (χ4v) is 7.10. The van der Waals surface area contributed by atoms with E-state index in [-0.39, 0.29) is 35.9 Å². The van der Waals surface area contributed by atoms with Gasteiger partial charge in [-0.3, -0.25) is 9.59 Å². The van der Waals surface area contributed by atoms with Crippen LogP contribution >= 0.6 is 11.3 Å². The highest BCUT2D eigenvalue weighted by molar-refractivity contribution is 7.08. The summed E-state index contributed by atoms with van der Waals surface area (Å²) >= 11 is 1.72. The average Bonchev–Trinajstić information content (AvgIpc) is 3.60. The number of para-hydroxylation sites is 1. The SMILES string of the molecule is O=C(N[C@@H]1CCCC[C@@H]1C(=O)N1CC[C@H]2[C@H](c3ccsc3)Nc3ccccc3[C@@H]21)c1ccccc1. The molecular formula is C29H31N3O2S. The maximum Gasteiger partial charge on any atom is 0.251 e. The lowest BCUT2D eigenvalue weighted by Crippen LogP contribution is -2.50. The Morgan fingerprint density at radius 2 is 1.74 bits per heavy atom. The Bertz CT molecular complexity index is 1200. The van der Waals surface area contributed by atoms with Crippen LogP contribution in [0.3, 0.4) is 0 Å². The van der Waals surface area contributed by atoms with Gasteiger partial charge in [-0.25, -0.2) is 0 Å². The Morgan fingerprint density at radius 3 is 2.57 bits per heavy atom. The lowest BCUT2D eigenvalue weighted by atomic mass is 9.79. The molecule has 5 nitrogen and oxygen atoms in total. The van der Waals surface area contributed by atoms with Crippen molar-refractivity contribution < 1.29 is 9.59 Å². The number of fused-ring (bicyclic) bond motifs is 3. The number of hydrogen-bond donors (Lipinski definition) is 2. The predicted molar refractivity (Wildman–Crippen MR) is 139 cm³/mol. The van der Waals surface area contributed by atoms with Crippen molar-refractivity contribution in [3.05, 3.63) is 88.1 Å². The van der Waals surface area contributed by atoms with Gasteiger partial charge in [-0.15, -0.1) is 0 Å². The van der Waals surface area contributed by atoms with Crippen LogP contribution in [-0.2, 0) is 4.79 Å². The first-order valence-electron chi connectivity index (χ1n) is 12.7. The molecule has 1 saturated carbocycles. The first-order valence-corrected chi connectivity index (χ1v) is 13.7. The van der Waals surface area contributed by atoms with Crippen molar-refractivity contribution in [3.8, 4) is 0 Å². The zero-order chi connectivity index (χ0) is 23.8. The van der Waals surface area contributed by atoms with Gasteiger partial charge >= 0.3 is 0 Å². The number of rotatable bonds is 4. The van der Waals surface area contributed by atoms with Crippen LogP contribution in [0.25, 0.3) is 0 Å². The van der Waals surface area contributed by atoms with Crippen molar-refractivity contribution in [1.82, 2.24) is 10.2 Å². The van der Waals surface area contributed by atoms with Gasteiger partial charge in [-0.1, -0.05) is 49.2 Å². The van der Waals surface area contributed by atoms with E-state index in [1.165, 1.54) is 11.1 Å². The number of likely N-dealkylation sites (tertiary alicyclic amines) is 1. The molecule has 35 heavy (non-hydrogen) atoms. The highest BCUT2D eigenvalue weighted by Gasteiger charge is 2.48. The molecule has 3 aliphatic rings. The molecule has 180 valence electrons. The minimum absolute atomic E-state index is 0.0669. The summed E-state index contributed by atoms with van der Waals surface area (Å²) in [7, 11) is 0. The quantitative estimate of drug-likeness (QED) is 0.491. The summed E-state index contributed by atoms with van der Waals surface area (Å²) in [6, 6.07) is 20.1. The normalized spacial score (nSPS) is 27.4. The van der Waals surface area contributed by atoms with Crippen molar-refractivity contribution in [2.24, 2.45) is 11.8 Å². The van der Waals surface area contributed by atoms with E-state index in [0.717, 1.165) is 44.3 Å². The molecule has 6 rings (SSSR count). The zero-order valence-electron chi connectivity index (χ0n) is 19.7. The summed E-state index contributed by atoms with van der Waals surface area (Å²) in [5.74, 6) is 0.289. The van der Waals surface area contributed by atoms with E-state index in [1.54, 1.807) is 11.3 Å². The lowest BCUT2D eigenvalue weighted by Gasteiger charge is -2.41. The van der Waals surface area contributed by atoms with Crippen LogP contribution in [0.4, 0.5) is 5.69 Å². The monoisotopic (exact) mass is 485 g/mol. The molecule has 2 fully saturated rings. The minimum atomic E-state index is -0.170. The number of benzene rings is 2.